The Morgan fingerprint density at radius 3 is 3.00 bits per heavy atom. The van der Waals surface area contributed by atoms with Gasteiger partial charge in [-0.15, -0.1) is 0 Å². The number of esters is 1. The zero-order chi connectivity index (χ0) is 10.6. The first kappa shape index (κ1) is 11.7. The van der Waals surface area contributed by atoms with E-state index in [1.54, 1.807) is 0 Å². The van der Waals surface area contributed by atoms with Gasteiger partial charge in [-0.1, -0.05) is 5.87 Å². The van der Waals surface area contributed by atoms with E-state index in [2.05, 4.69) is 17.0 Å². The molecular formula is C10H19NO2S. The highest BCUT2D eigenvalue weighted by molar-refractivity contribution is 8.13. The predicted octanol–water partition coefficient (Wildman–Crippen LogP) is 0.954. The Morgan fingerprint density at radius 2 is 2.43 bits per heavy atom. The van der Waals surface area contributed by atoms with Crippen molar-refractivity contribution in [1.29, 1.82) is 0 Å². The molecule has 1 aliphatic rings. The highest BCUT2D eigenvalue weighted by atomic mass is 32.2. The smallest absolute Gasteiger partial charge is 0.323 e. The third-order valence-corrected chi connectivity index (χ3v) is 3.44. The Labute approximate surface area is 88.3 Å². The monoisotopic (exact) mass is 217 g/mol. The lowest BCUT2D eigenvalue weighted by Gasteiger charge is -2.22. The van der Waals surface area contributed by atoms with Crippen molar-refractivity contribution in [3.63, 3.8) is 0 Å². The van der Waals surface area contributed by atoms with E-state index < -0.39 is 0 Å². The molecule has 1 saturated heterocycles. The van der Waals surface area contributed by atoms with Gasteiger partial charge in [0, 0.05) is 12.3 Å². The maximum atomic E-state index is 11.4. The normalized spacial score (nSPS) is 24.9. The standard InChI is InChI=1S/C10H19NO2S/c1-13-10(12)9-5-4-6-11(9)7-8-14(2)3/h9H,2,4-8H2,1,3H3. The van der Waals surface area contributed by atoms with Crippen molar-refractivity contribution in [2.45, 2.75) is 18.9 Å². The molecule has 14 heavy (non-hydrogen) atoms. The second-order valence-corrected chi connectivity index (χ2v) is 5.67. The Bertz CT molecular complexity index is 230. The number of rotatable bonds is 4. The number of hydrogen-bond acceptors (Lipinski definition) is 3. The number of likely N-dealkylation sites (tertiary alicyclic amines) is 1. The van der Waals surface area contributed by atoms with Crippen molar-refractivity contribution >= 4 is 22.3 Å². The summed E-state index contributed by atoms with van der Waals surface area (Å²) in [5.41, 5.74) is 0. The molecule has 0 amide bonds. The minimum Gasteiger partial charge on any atom is -0.468 e. The molecule has 3 nitrogen and oxygen atoms in total. The lowest BCUT2D eigenvalue weighted by molar-refractivity contribution is -0.145. The summed E-state index contributed by atoms with van der Waals surface area (Å²) >= 11 is 0. The highest BCUT2D eigenvalue weighted by Gasteiger charge is 2.30. The SMILES string of the molecule is C=S(C)CCN1CCCC1C(=O)OC. The molecule has 4 heteroatoms. The van der Waals surface area contributed by atoms with Gasteiger partial charge in [0.1, 0.15) is 6.04 Å². The van der Waals surface area contributed by atoms with Crippen molar-refractivity contribution in [1.82, 2.24) is 4.90 Å². The average molecular weight is 217 g/mol. The third kappa shape index (κ3) is 3.10. The van der Waals surface area contributed by atoms with Gasteiger partial charge in [0.15, 0.2) is 0 Å². The van der Waals surface area contributed by atoms with Crippen LogP contribution in [0.5, 0.6) is 0 Å². The zero-order valence-corrected chi connectivity index (χ0v) is 9.81. The minimum atomic E-state index is -0.0810. The molecule has 0 bridgehead atoms. The predicted molar refractivity (Wildman–Crippen MR) is 62.1 cm³/mol. The van der Waals surface area contributed by atoms with Gasteiger partial charge in [0.25, 0.3) is 0 Å². The summed E-state index contributed by atoms with van der Waals surface area (Å²) in [7, 11) is 1.68. The van der Waals surface area contributed by atoms with E-state index in [9.17, 15) is 4.79 Å². The maximum absolute atomic E-state index is 11.4. The molecule has 0 aromatic rings. The van der Waals surface area contributed by atoms with E-state index in [4.69, 9.17) is 4.74 Å². The first-order valence-electron chi connectivity index (χ1n) is 4.89. The number of nitrogens with zero attached hydrogens (tertiary/aromatic N) is 1. The van der Waals surface area contributed by atoms with Crippen LogP contribution in [0.3, 0.4) is 0 Å². The van der Waals surface area contributed by atoms with Gasteiger partial charge in [-0.25, -0.2) is 0 Å². The second kappa shape index (κ2) is 5.51. The van der Waals surface area contributed by atoms with Crippen LogP contribution in [-0.2, 0) is 9.53 Å². The van der Waals surface area contributed by atoms with Gasteiger partial charge in [-0.3, -0.25) is 9.69 Å². The second-order valence-electron chi connectivity index (χ2n) is 3.70. The van der Waals surface area contributed by atoms with Crippen molar-refractivity contribution in [2.75, 3.05) is 32.2 Å². The molecule has 1 rings (SSSR count). The van der Waals surface area contributed by atoms with Crippen LogP contribution >= 0.6 is 10.5 Å². The summed E-state index contributed by atoms with van der Waals surface area (Å²) in [5.74, 6) is 4.97. The molecule has 2 unspecified atom stereocenters. The van der Waals surface area contributed by atoms with Gasteiger partial charge >= 0.3 is 5.97 Å². The Hall–Kier alpha value is -0.350. The number of hydrogen-bond donors (Lipinski definition) is 0. The molecule has 0 N–H and O–H groups in total. The summed E-state index contributed by atoms with van der Waals surface area (Å²) in [6.07, 6.45) is 4.18. The molecule has 0 radical (unpaired) electrons. The van der Waals surface area contributed by atoms with Crippen molar-refractivity contribution in [2.24, 2.45) is 0 Å². The van der Waals surface area contributed by atoms with Gasteiger partial charge in [-0.2, -0.15) is 10.5 Å². The largest absolute Gasteiger partial charge is 0.468 e. The van der Waals surface area contributed by atoms with Gasteiger partial charge in [0.05, 0.1) is 7.11 Å². The first-order valence-corrected chi connectivity index (χ1v) is 6.86. The molecular weight excluding hydrogens is 198 g/mol. The van der Waals surface area contributed by atoms with Gasteiger partial charge < -0.3 is 4.74 Å². The lowest BCUT2D eigenvalue weighted by atomic mass is 10.2. The van der Waals surface area contributed by atoms with Crippen LogP contribution in [0.1, 0.15) is 12.8 Å². The highest BCUT2D eigenvalue weighted by Crippen LogP contribution is 2.18. The van der Waals surface area contributed by atoms with Crippen LogP contribution in [-0.4, -0.2) is 55.0 Å². The number of methoxy groups -OCH3 is 1. The van der Waals surface area contributed by atoms with Crippen LogP contribution in [0.25, 0.3) is 0 Å². The quantitative estimate of drug-likeness (QED) is 0.519. The third-order valence-electron chi connectivity index (χ3n) is 2.56. The number of carbonyl (C=O) groups is 1. The van der Waals surface area contributed by atoms with E-state index in [0.29, 0.717) is 0 Å². The van der Waals surface area contributed by atoms with E-state index in [1.807, 2.05) is 0 Å². The van der Waals surface area contributed by atoms with Gasteiger partial charge in [-0.05, 0) is 25.6 Å². The Kier molecular flexibility index (Phi) is 4.62. The maximum Gasteiger partial charge on any atom is 0.323 e. The van der Waals surface area contributed by atoms with Crippen molar-refractivity contribution in [3.05, 3.63) is 0 Å². The minimum absolute atomic E-state index is 0.00329. The van der Waals surface area contributed by atoms with Crippen LogP contribution in [0.4, 0.5) is 0 Å². The molecule has 0 aromatic carbocycles. The molecule has 1 fully saturated rings. The van der Waals surface area contributed by atoms with Crippen molar-refractivity contribution in [3.8, 4) is 0 Å². The van der Waals surface area contributed by atoms with Crippen LogP contribution in [0, 0.1) is 0 Å². The summed E-state index contributed by atoms with van der Waals surface area (Å²) in [4.78, 5) is 13.6. The molecule has 0 aliphatic carbocycles. The molecule has 0 aromatic heterocycles. The summed E-state index contributed by atoms with van der Waals surface area (Å²) in [6.45, 7) is 2.00. The summed E-state index contributed by atoms with van der Waals surface area (Å²) in [6, 6.07) is 0.00329. The molecule has 82 valence electrons. The molecule has 1 aliphatic heterocycles. The number of ether oxygens (including phenoxy) is 1. The fourth-order valence-corrected chi connectivity index (χ4v) is 2.32. The molecule has 1 heterocycles. The van der Waals surface area contributed by atoms with E-state index in [1.165, 1.54) is 7.11 Å². The average Bonchev–Trinajstić information content (AvgIpc) is 2.61. The fraction of sp³-hybridized carbons (Fsp3) is 0.800. The van der Waals surface area contributed by atoms with Crippen LogP contribution in [0.2, 0.25) is 0 Å². The van der Waals surface area contributed by atoms with E-state index >= 15 is 0 Å². The molecule has 0 saturated carbocycles. The van der Waals surface area contributed by atoms with Crippen LogP contribution < -0.4 is 0 Å². The van der Waals surface area contributed by atoms with E-state index in [0.717, 1.165) is 31.7 Å². The summed E-state index contributed by atoms with van der Waals surface area (Å²) in [5, 5.41) is 0. The zero-order valence-electron chi connectivity index (χ0n) is 8.99. The molecule has 2 atom stereocenters. The van der Waals surface area contributed by atoms with E-state index in [-0.39, 0.29) is 22.5 Å². The summed E-state index contributed by atoms with van der Waals surface area (Å²) < 4.78 is 4.78. The topological polar surface area (TPSA) is 29.5 Å². The van der Waals surface area contributed by atoms with Crippen LogP contribution in [0.15, 0.2) is 0 Å². The first-order chi connectivity index (χ1) is 6.65. The Morgan fingerprint density at radius 1 is 1.71 bits per heavy atom. The Balaban J connectivity index is 2.42. The van der Waals surface area contributed by atoms with Crippen molar-refractivity contribution < 1.29 is 9.53 Å². The lowest BCUT2D eigenvalue weighted by Crippen LogP contribution is -2.38. The molecule has 0 spiro atoms. The number of carbonyl (C=O) groups excluding carboxylic acids is 1. The fourth-order valence-electron chi connectivity index (χ4n) is 1.77. The van der Waals surface area contributed by atoms with Gasteiger partial charge in [0.2, 0.25) is 0 Å².